The number of aliphatic carboxylic acids is 1. The number of fused-ring (bicyclic) bond motifs is 1. The van der Waals surface area contributed by atoms with E-state index in [-0.39, 0.29) is 6.42 Å². The lowest BCUT2D eigenvalue weighted by Gasteiger charge is -2.17. The third kappa shape index (κ3) is 5.24. The van der Waals surface area contributed by atoms with Crippen LogP contribution < -0.4 is 0 Å². The van der Waals surface area contributed by atoms with Gasteiger partial charge in [0.1, 0.15) is 0 Å². The fourth-order valence-electron chi connectivity index (χ4n) is 3.51. The van der Waals surface area contributed by atoms with Crippen LogP contribution in [0.2, 0.25) is 0 Å². The molecule has 30 heavy (non-hydrogen) atoms. The zero-order chi connectivity index (χ0) is 21.5. The minimum absolute atomic E-state index is 0.104. The smallest absolute Gasteiger partial charge is 0.303 e. The summed E-state index contributed by atoms with van der Waals surface area (Å²) in [6.45, 7) is 3.39. The number of nitrogens with zero attached hydrogens (tertiary/aromatic N) is 3. The fourth-order valence-corrected chi connectivity index (χ4v) is 3.87. The normalized spacial score (nSPS) is 11.3. The van der Waals surface area contributed by atoms with E-state index < -0.39 is 5.97 Å². The van der Waals surface area contributed by atoms with Gasteiger partial charge in [0.05, 0.1) is 31.0 Å². The lowest BCUT2D eigenvalue weighted by molar-refractivity contribution is -0.137. The van der Waals surface area contributed by atoms with Crippen molar-refractivity contribution in [2.24, 2.45) is 0 Å². The van der Waals surface area contributed by atoms with Crippen LogP contribution in [0.25, 0.3) is 16.6 Å². The quantitative estimate of drug-likeness (QED) is 0.416. The third-order valence-electron chi connectivity index (χ3n) is 4.90. The Hall–Kier alpha value is -2.29. The van der Waals surface area contributed by atoms with E-state index >= 15 is 0 Å². The number of hydrogen-bond acceptors (Lipinski definition) is 5. The number of halogens is 1. The van der Waals surface area contributed by atoms with Gasteiger partial charge in [0.25, 0.3) is 0 Å². The van der Waals surface area contributed by atoms with Crippen LogP contribution in [-0.4, -0.2) is 46.0 Å². The second-order valence-electron chi connectivity index (χ2n) is 6.96. The minimum atomic E-state index is -0.802. The molecule has 0 fully saturated rings. The first-order chi connectivity index (χ1) is 14.5. The number of carbonyl (C=O) groups is 1. The van der Waals surface area contributed by atoms with Crippen molar-refractivity contribution >= 4 is 27.4 Å². The highest BCUT2D eigenvalue weighted by Gasteiger charge is 2.19. The molecule has 7 nitrogen and oxygen atoms in total. The molecule has 3 rings (SSSR count). The molecule has 3 aromatic rings. The lowest BCUT2D eigenvalue weighted by Crippen LogP contribution is -2.12. The first kappa shape index (κ1) is 22.4. The Labute approximate surface area is 184 Å². The number of ether oxygens (including phenoxy) is 2. The molecular weight excluding hydrogens is 450 g/mol. The molecule has 0 aliphatic heterocycles. The molecule has 0 saturated carbocycles. The molecule has 0 unspecified atom stereocenters. The van der Waals surface area contributed by atoms with Gasteiger partial charge in [-0.1, -0.05) is 6.92 Å². The molecule has 0 aliphatic carbocycles. The van der Waals surface area contributed by atoms with E-state index in [0.29, 0.717) is 32.7 Å². The maximum atomic E-state index is 11.1. The Kier molecular flexibility index (Phi) is 7.95. The monoisotopic (exact) mass is 475 g/mol. The van der Waals surface area contributed by atoms with Gasteiger partial charge < -0.3 is 14.6 Å². The number of hydrogen-bond donors (Lipinski definition) is 1. The number of aromatic nitrogens is 3. The Bertz CT molecular complexity index is 1020. The standard InChI is InChI=1S/C22H26BrN3O4/c1-3-17-7-8-20-22(15-11-16(23)13-24-12-15)18(5-4-6-21(27)28)19(25-26(17)20)14-30-10-9-29-2/h7-8,11-13H,3-6,9-10,14H2,1-2H3,(H,27,28). The zero-order valence-corrected chi connectivity index (χ0v) is 18.8. The van der Waals surface area contributed by atoms with Crippen molar-refractivity contribution in [2.75, 3.05) is 20.3 Å². The van der Waals surface area contributed by atoms with Crippen LogP contribution in [0.3, 0.4) is 0 Å². The molecule has 0 atom stereocenters. The van der Waals surface area contributed by atoms with Gasteiger partial charge in [-0.25, -0.2) is 4.52 Å². The van der Waals surface area contributed by atoms with Crippen molar-refractivity contribution in [3.8, 4) is 11.1 Å². The summed E-state index contributed by atoms with van der Waals surface area (Å²) in [7, 11) is 1.64. The Balaban J connectivity index is 2.15. The maximum Gasteiger partial charge on any atom is 0.303 e. The van der Waals surface area contributed by atoms with E-state index in [1.54, 1.807) is 13.3 Å². The van der Waals surface area contributed by atoms with E-state index in [4.69, 9.17) is 19.7 Å². The Morgan fingerprint density at radius 1 is 1.27 bits per heavy atom. The predicted octanol–water partition coefficient (Wildman–Crippen LogP) is 4.29. The Morgan fingerprint density at radius 2 is 2.10 bits per heavy atom. The molecule has 0 amide bonds. The van der Waals surface area contributed by atoms with Crippen LogP contribution in [0.5, 0.6) is 0 Å². The van der Waals surface area contributed by atoms with Crippen molar-refractivity contribution in [3.05, 3.63) is 52.0 Å². The third-order valence-corrected chi connectivity index (χ3v) is 5.34. The fraction of sp³-hybridized carbons (Fsp3) is 0.409. The van der Waals surface area contributed by atoms with Crippen molar-refractivity contribution in [2.45, 2.75) is 39.2 Å². The van der Waals surface area contributed by atoms with E-state index in [0.717, 1.165) is 44.5 Å². The summed E-state index contributed by atoms with van der Waals surface area (Å²) < 4.78 is 13.7. The average molecular weight is 476 g/mol. The van der Waals surface area contributed by atoms with E-state index in [1.807, 2.05) is 16.8 Å². The maximum absolute atomic E-state index is 11.1. The van der Waals surface area contributed by atoms with Crippen LogP contribution in [0.4, 0.5) is 0 Å². The second-order valence-corrected chi connectivity index (χ2v) is 7.88. The molecular formula is C22H26BrN3O4. The van der Waals surface area contributed by atoms with Gasteiger partial charge in [-0.3, -0.25) is 9.78 Å². The van der Waals surface area contributed by atoms with Crippen LogP contribution in [0, 0.1) is 0 Å². The van der Waals surface area contributed by atoms with E-state index in [9.17, 15) is 4.79 Å². The van der Waals surface area contributed by atoms with Crippen molar-refractivity contribution in [1.82, 2.24) is 14.6 Å². The first-order valence-electron chi connectivity index (χ1n) is 9.96. The van der Waals surface area contributed by atoms with Gasteiger partial charge in [-0.15, -0.1) is 0 Å². The summed E-state index contributed by atoms with van der Waals surface area (Å²) in [6.07, 6.45) is 5.64. The summed E-state index contributed by atoms with van der Waals surface area (Å²) in [6, 6.07) is 6.17. The number of methoxy groups -OCH3 is 1. The largest absolute Gasteiger partial charge is 0.481 e. The molecule has 0 bridgehead atoms. The molecule has 8 heteroatoms. The minimum Gasteiger partial charge on any atom is -0.481 e. The first-order valence-corrected chi connectivity index (χ1v) is 10.8. The molecule has 0 aliphatic rings. The van der Waals surface area contributed by atoms with Gasteiger partial charge >= 0.3 is 5.97 Å². The van der Waals surface area contributed by atoms with Gasteiger partial charge in [0.15, 0.2) is 0 Å². The van der Waals surface area contributed by atoms with Crippen LogP contribution in [0.15, 0.2) is 35.1 Å². The van der Waals surface area contributed by atoms with Crippen LogP contribution in [0.1, 0.15) is 36.7 Å². The van der Waals surface area contributed by atoms with Gasteiger partial charge in [0.2, 0.25) is 0 Å². The van der Waals surface area contributed by atoms with Crippen LogP contribution in [-0.2, 0) is 33.7 Å². The number of rotatable bonds is 11. The summed E-state index contributed by atoms with van der Waals surface area (Å²) in [5.74, 6) is -0.802. The molecule has 0 saturated heterocycles. The molecule has 0 spiro atoms. The van der Waals surface area contributed by atoms with Gasteiger partial charge in [0, 0.05) is 47.2 Å². The van der Waals surface area contributed by atoms with E-state index in [2.05, 4.69) is 40.0 Å². The topological polar surface area (TPSA) is 86.0 Å². The average Bonchev–Trinajstić information content (AvgIpc) is 3.13. The number of aryl methyl sites for hydroxylation is 1. The van der Waals surface area contributed by atoms with Gasteiger partial charge in [-0.2, -0.15) is 5.10 Å². The highest BCUT2D eigenvalue weighted by molar-refractivity contribution is 9.10. The van der Waals surface area contributed by atoms with E-state index in [1.165, 1.54) is 0 Å². The predicted molar refractivity (Wildman–Crippen MR) is 118 cm³/mol. The molecule has 3 aromatic heterocycles. The molecule has 160 valence electrons. The van der Waals surface area contributed by atoms with Crippen molar-refractivity contribution < 1.29 is 19.4 Å². The second kappa shape index (κ2) is 10.7. The summed E-state index contributed by atoms with van der Waals surface area (Å²) >= 11 is 3.52. The number of pyridine rings is 1. The summed E-state index contributed by atoms with van der Waals surface area (Å²) in [5, 5.41) is 14.0. The van der Waals surface area contributed by atoms with Crippen molar-refractivity contribution in [3.63, 3.8) is 0 Å². The SMILES string of the molecule is CCc1ccc2c(-c3cncc(Br)c3)c(CCCC(=O)O)c(COCCOC)nn12. The Morgan fingerprint density at radius 3 is 2.80 bits per heavy atom. The molecule has 0 radical (unpaired) electrons. The lowest BCUT2D eigenvalue weighted by atomic mass is 9.95. The molecule has 0 aromatic carbocycles. The molecule has 3 heterocycles. The highest BCUT2D eigenvalue weighted by atomic mass is 79.9. The van der Waals surface area contributed by atoms with Crippen molar-refractivity contribution in [1.29, 1.82) is 0 Å². The molecule has 1 N–H and O–H groups in total. The number of carboxylic acid groups (broad SMARTS) is 1. The summed E-state index contributed by atoms with van der Waals surface area (Å²) in [5.41, 5.74) is 5.88. The highest BCUT2D eigenvalue weighted by Crippen LogP contribution is 2.33. The van der Waals surface area contributed by atoms with Crippen LogP contribution >= 0.6 is 15.9 Å². The summed E-state index contributed by atoms with van der Waals surface area (Å²) in [4.78, 5) is 15.4. The van der Waals surface area contributed by atoms with Gasteiger partial charge in [-0.05, 0) is 59.0 Å². The number of carboxylic acids is 1. The zero-order valence-electron chi connectivity index (χ0n) is 17.2.